The summed E-state index contributed by atoms with van der Waals surface area (Å²) >= 11 is 0. The molecule has 0 atom stereocenters. The zero-order chi connectivity index (χ0) is 57.4. The van der Waals surface area contributed by atoms with Gasteiger partial charge in [-0.15, -0.1) is 0 Å². The van der Waals surface area contributed by atoms with Crippen LogP contribution in [0, 0.1) is 0 Å². The van der Waals surface area contributed by atoms with Gasteiger partial charge >= 0.3 is 0 Å². The second-order valence-electron chi connectivity index (χ2n) is 23.1. The van der Waals surface area contributed by atoms with E-state index < -0.39 is 5.41 Å². The Morgan fingerprint density at radius 1 is 0.184 bits per heavy atom. The van der Waals surface area contributed by atoms with Gasteiger partial charge in [-0.3, -0.25) is 0 Å². The molecule has 406 valence electrons. The molecule has 0 aliphatic heterocycles. The van der Waals surface area contributed by atoms with Gasteiger partial charge < -0.3 is 9.13 Å². The number of nitrogens with zero attached hydrogens (tertiary/aromatic N) is 2. The minimum atomic E-state index is -0.594. The van der Waals surface area contributed by atoms with E-state index >= 15 is 0 Å². The van der Waals surface area contributed by atoms with Gasteiger partial charge in [0, 0.05) is 32.9 Å². The van der Waals surface area contributed by atoms with Gasteiger partial charge in [-0.2, -0.15) is 0 Å². The molecule has 0 N–H and O–H groups in total. The summed E-state index contributed by atoms with van der Waals surface area (Å²) in [5.74, 6) is 0. The minimum absolute atomic E-state index is 0.594. The van der Waals surface area contributed by atoms with Crippen LogP contribution in [0.4, 0.5) is 0 Å². The van der Waals surface area contributed by atoms with Gasteiger partial charge in [0.25, 0.3) is 0 Å². The molecule has 0 amide bonds. The van der Waals surface area contributed by atoms with E-state index in [2.05, 4.69) is 349 Å². The van der Waals surface area contributed by atoms with Gasteiger partial charge in [0.2, 0.25) is 0 Å². The highest BCUT2D eigenvalue weighted by molar-refractivity contribution is 6.13. The van der Waals surface area contributed by atoms with Crippen LogP contribution in [0.3, 0.4) is 0 Å². The Bertz CT molecular complexity index is 5270. The molecule has 0 spiro atoms. The van der Waals surface area contributed by atoms with Crippen LogP contribution < -0.4 is 0 Å². The van der Waals surface area contributed by atoms with Gasteiger partial charge in [-0.05, 0) is 167 Å². The van der Waals surface area contributed by atoms with E-state index in [9.17, 15) is 0 Å². The van der Waals surface area contributed by atoms with Crippen LogP contribution in [0.5, 0.6) is 0 Å². The Balaban J connectivity index is 0.689. The third-order valence-corrected chi connectivity index (χ3v) is 18.4. The second-order valence-corrected chi connectivity index (χ2v) is 23.1. The minimum Gasteiger partial charge on any atom is -0.309 e. The Kier molecular flexibility index (Phi) is 11.8. The standard InChI is InChI=1S/C85H56N2/c1-3-21-61(22-4-1)69-29-7-8-30-70(69)71-31-9-14-36-78(71)85(79-37-15-10-32-72(79)73-33-11-16-38-80(73)85)66-25-19-23-62(53-66)59-45-41-57(42-46-59)58-43-47-60(48-44-58)63-24-20-28-68(54-63)87-82-40-18-13-35-75(82)77-56-65(50-52-84(77)87)64-49-51-83-76(55-64)74-34-12-17-39-81(74)86(83)67-26-5-2-6-27-67/h1-56H. The van der Waals surface area contributed by atoms with Crippen molar-refractivity contribution in [3.8, 4) is 89.3 Å². The molecule has 1 aliphatic carbocycles. The molecule has 2 nitrogen and oxygen atoms in total. The maximum absolute atomic E-state index is 2.45. The topological polar surface area (TPSA) is 9.86 Å². The smallest absolute Gasteiger partial charge is 0.0719 e. The van der Waals surface area contributed by atoms with Gasteiger partial charge in [0.05, 0.1) is 27.5 Å². The number of rotatable bonds is 10. The van der Waals surface area contributed by atoms with E-state index in [-0.39, 0.29) is 0 Å². The van der Waals surface area contributed by atoms with E-state index in [0.29, 0.717) is 0 Å². The number of hydrogen-bond donors (Lipinski definition) is 0. The normalized spacial score (nSPS) is 12.5. The van der Waals surface area contributed by atoms with Crippen molar-refractivity contribution in [1.29, 1.82) is 0 Å². The maximum atomic E-state index is 2.45. The summed E-state index contributed by atoms with van der Waals surface area (Å²) in [6.45, 7) is 0. The molecule has 17 rings (SSSR count). The van der Waals surface area contributed by atoms with E-state index in [4.69, 9.17) is 0 Å². The molecule has 2 heteroatoms. The summed E-state index contributed by atoms with van der Waals surface area (Å²) in [7, 11) is 0. The number of hydrogen-bond acceptors (Lipinski definition) is 0. The molecule has 2 aromatic heterocycles. The fraction of sp³-hybridized carbons (Fsp3) is 0.0118. The van der Waals surface area contributed by atoms with Crippen LogP contribution in [-0.4, -0.2) is 9.13 Å². The quantitative estimate of drug-likeness (QED) is 0.129. The average molecular weight is 1110 g/mol. The van der Waals surface area contributed by atoms with Crippen LogP contribution in [0.2, 0.25) is 0 Å². The molecular formula is C85H56N2. The first-order chi connectivity index (χ1) is 43.2. The molecule has 1 aliphatic rings. The molecular weight excluding hydrogens is 1050 g/mol. The maximum Gasteiger partial charge on any atom is 0.0719 e. The zero-order valence-electron chi connectivity index (χ0n) is 47.7. The molecule has 16 aromatic rings. The first-order valence-electron chi connectivity index (χ1n) is 30.1. The van der Waals surface area contributed by atoms with E-state index in [1.165, 1.54) is 149 Å². The molecule has 0 bridgehead atoms. The highest BCUT2D eigenvalue weighted by atomic mass is 15.0. The van der Waals surface area contributed by atoms with Gasteiger partial charge in [-0.25, -0.2) is 0 Å². The van der Waals surface area contributed by atoms with Crippen molar-refractivity contribution in [3.63, 3.8) is 0 Å². The molecule has 0 fully saturated rings. The van der Waals surface area contributed by atoms with Gasteiger partial charge in [0.1, 0.15) is 0 Å². The lowest BCUT2D eigenvalue weighted by Gasteiger charge is -2.36. The van der Waals surface area contributed by atoms with E-state index in [1.807, 2.05) is 0 Å². The second kappa shape index (κ2) is 20.5. The number of aromatic nitrogens is 2. The van der Waals surface area contributed by atoms with Crippen molar-refractivity contribution in [1.82, 2.24) is 9.13 Å². The van der Waals surface area contributed by atoms with Gasteiger partial charge in [-0.1, -0.05) is 273 Å². The largest absolute Gasteiger partial charge is 0.309 e. The predicted molar refractivity (Wildman–Crippen MR) is 365 cm³/mol. The summed E-state index contributed by atoms with van der Waals surface area (Å²) in [5, 5.41) is 4.98. The summed E-state index contributed by atoms with van der Waals surface area (Å²) in [5.41, 5.74) is 28.5. The highest BCUT2D eigenvalue weighted by Crippen LogP contribution is 2.58. The number of para-hydroxylation sites is 3. The lowest BCUT2D eigenvalue weighted by molar-refractivity contribution is 0.771. The number of fused-ring (bicyclic) bond motifs is 9. The summed E-state index contributed by atoms with van der Waals surface area (Å²) in [6.07, 6.45) is 0. The molecule has 0 radical (unpaired) electrons. The van der Waals surface area contributed by atoms with Crippen molar-refractivity contribution in [3.05, 3.63) is 362 Å². The van der Waals surface area contributed by atoms with Crippen LogP contribution in [-0.2, 0) is 5.41 Å². The molecule has 2 heterocycles. The fourth-order valence-electron chi connectivity index (χ4n) is 14.5. The molecule has 87 heavy (non-hydrogen) atoms. The Morgan fingerprint density at radius 2 is 0.529 bits per heavy atom. The Morgan fingerprint density at radius 3 is 1.07 bits per heavy atom. The fourth-order valence-corrected chi connectivity index (χ4v) is 14.5. The van der Waals surface area contributed by atoms with Crippen molar-refractivity contribution in [2.45, 2.75) is 5.41 Å². The number of benzene rings is 14. The third-order valence-electron chi connectivity index (χ3n) is 18.4. The first-order valence-corrected chi connectivity index (χ1v) is 30.1. The van der Waals surface area contributed by atoms with Crippen molar-refractivity contribution in [2.24, 2.45) is 0 Å². The Hall–Kier alpha value is -11.3. The van der Waals surface area contributed by atoms with E-state index in [0.717, 1.165) is 5.69 Å². The SMILES string of the molecule is c1ccc(-c2ccccc2-c2ccccc2C2(c3cccc(-c4ccc(-c5ccc(-c6cccc(-n7c8ccccc8c8cc(-c9ccc%10c(c9)c9ccccc9n%10-c9ccccc9)ccc87)c6)cc5)cc4)c3)c3ccccc3-c3ccccc32)cc1. The molecule has 0 unspecified atom stereocenters. The molecule has 0 saturated carbocycles. The summed E-state index contributed by atoms with van der Waals surface area (Å²) in [4.78, 5) is 0. The first kappa shape index (κ1) is 50.2. The van der Waals surface area contributed by atoms with E-state index in [1.54, 1.807) is 0 Å². The highest BCUT2D eigenvalue weighted by Gasteiger charge is 2.47. The monoisotopic (exact) mass is 1100 g/mol. The summed E-state index contributed by atoms with van der Waals surface area (Å²) in [6, 6.07) is 126. The molecule has 0 saturated heterocycles. The van der Waals surface area contributed by atoms with Crippen LogP contribution in [0.1, 0.15) is 22.3 Å². The predicted octanol–water partition coefficient (Wildman–Crippen LogP) is 22.2. The Labute approximate surface area is 506 Å². The van der Waals surface area contributed by atoms with Crippen LogP contribution in [0.15, 0.2) is 340 Å². The van der Waals surface area contributed by atoms with Crippen LogP contribution in [0.25, 0.3) is 133 Å². The molecule has 14 aromatic carbocycles. The lowest BCUT2D eigenvalue weighted by Crippen LogP contribution is -2.29. The summed E-state index contributed by atoms with van der Waals surface area (Å²) < 4.78 is 4.81. The average Bonchev–Trinajstić information content (AvgIpc) is 1.62. The van der Waals surface area contributed by atoms with Crippen LogP contribution >= 0.6 is 0 Å². The van der Waals surface area contributed by atoms with Gasteiger partial charge in [0.15, 0.2) is 0 Å². The van der Waals surface area contributed by atoms with Crippen molar-refractivity contribution >= 4 is 43.6 Å². The van der Waals surface area contributed by atoms with Crippen molar-refractivity contribution < 1.29 is 0 Å². The lowest BCUT2D eigenvalue weighted by atomic mass is 9.65. The zero-order valence-corrected chi connectivity index (χ0v) is 47.7. The van der Waals surface area contributed by atoms with Crippen molar-refractivity contribution in [2.75, 3.05) is 0 Å². The third kappa shape index (κ3) is 8.10.